The Kier molecular flexibility index (Phi) is 2.72. The Bertz CT molecular complexity index is 540. The van der Waals surface area contributed by atoms with E-state index in [9.17, 15) is 13.6 Å². The molecule has 0 saturated carbocycles. The Morgan fingerprint density at radius 1 is 1.12 bits per heavy atom. The molecule has 0 aliphatic rings. The highest BCUT2D eigenvalue weighted by Gasteiger charge is 2.07. The van der Waals surface area contributed by atoms with Crippen LogP contribution in [0.5, 0.6) is 0 Å². The zero-order chi connectivity index (χ0) is 11.5. The number of carbonyl (C=O) groups is 1. The molecule has 0 fully saturated rings. The highest BCUT2D eigenvalue weighted by molar-refractivity contribution is 5.78. The first kappa shape index (κ1) is 10.4. The molecular formula is C12H7F2NO. The van der Waals surface area contributed by atoms with Crippen LogP contribution in [-0.2, 0) is 0 Å². The van der Waals surface area contributed by atoms with Gasteiger partial charge in [-0.3, -0.25) is 9.78 Å². The number of pyridine rings is 1. The molecule has 1 heterocycles. The molecular weight excluding hydrogens is 212 g/mol. The summed E-state index contributed by atoms with van der Waals surface area (Å²) in [5.74, 6) is -1.31. The minimum atomic E-state index is -0.676. The quantitative estimate of drug-likeness (QED) is 0.727. The van der Waals surface area contributed by atoms with Gasteiger partial charge in [0.05, 0.1) is 0 Å². The molecule has 1 aromatic heterocycles. The van der Waals surface area contributed by atoms with E-state index in [-0.39, 0.29) is 5.56 Å². The summed E-state index contributed by atoms with van der Waals surface area (Å²) in [7, 11) is 0. The van der Waals surface area contributed by atoms with E-state index in [1.165, 1.54) is 24.5 Å². The summed E-state index contributed by atoms with van der Waals surface area (Å²) in [5, 5.41) is 0. The van der Waals surface area contributed by atoms with Gasteiger partial charge in [-0.15, -0.1) is 0 Å². The van der Waals surface area contributed by atoms with Crippen molar-refractivity contribution in [2.45, 2.75) is 0 Å². The molecule has 0 unspecified atom stereocenters. The zero-order valence-electron chi connectivity index (χ0n) is 8.15. The number of rotatable bonds is 2. The third-order valence-electron chi connectivity index (χ3n) is 2.14. The van der Waals surface area contributed by atoms with Crippen LogP contribution in [0.2, 0.25) is 0 Å². The fraction of sp³-hybridized carbons (Fsp3) is 0. The summed E-state index contributed by atoms with van der Waals surface area (Å²) in [6.45, 7) is 0. The molecule has 80 valence electrons. The first-order chi connectivity index (χ1) is 7.70. The second-order valence-corrected chi connectivity index (χ2v) is 3.25. The number of nitrogens with zero attached hydrogens (tertiary/aromatic N) is 1. The second kappa shape index (κ2) is 4.18. The van der Waals surface area contributed by atoms with E-state index in [2.05, 4.69) is 4.98 Å². The molecule has 0 amide bonds. The molecule has 0 spiro atoms. The average Bonchev–Trinajstić information content (AvgIpc) is 2.29. The maximum atomic E-state index is 13.4. The number of benzene rings is 1. The van der Waals surface area contributed by atoms with Crippen LogP contribution >= 0.6 is 0 Å². The van der Waals surface area contributed by atoms with Crippen LogP contribution in [0.4, 0.5) is 8.78 Å². The van der Waals surface area contributed by atoms with Crippen molar-refractivity contribution in [2.24, 2.45) is 0 Å². The van der Waals surface area contributed by atoms with Crippen LogP contribution in [0, 0.1) is 11.6 Å². The summed E-state index contributed by atoms with van der Waals surface area (Å²) in [6, 6.07) is 4.77. The maximum absolute atomic E-state index is 13.4. The van der Waals surface area contributed by atoms with Gasteiger partial charge in [0.25, 0.3) is 0 Å². The second-order valence-electron chi connectivity index (χ2n) is 3.25. The van der Waals surface area contributed by atoms with E-state index in [4.69, 9.17) is 0 Å². The predicted octanol–water partition coefficient (Wildman–Crippen LogP) is 2.84. The molecule has 0 saturated heterocycles. The molecule has 0 N–H and O–H groups in total. The Labute approximate surface area is 90.6 Å². The van der Waals surface area contributed by atoms with E-state index >= 15 is 0 Å². The van der Waals surface area contributed by atoms with Gasteiger partial charge in [-0.2, -0.15) is 0 Å². The molecule has 2 rings (SSSR count). The van der Waals surface area contributed by atoms with Gasteiger partial charge in [-0.1, -0.05) is 0 Å². The summed E-state index contributed by atoms with van der Waals surface area (Å²) >= 11 is 0. The van der Waals surface area contributed by atoms with Crippen LogP contribution in [0.1, 0.15) is 10.4 Å². The predicted molar refractivity (Wildman–Crippen MR) is 55.0 cm³/mol. The minimum Gasteiger partial charge on any atom is -0.298 e. The lowest BCUT2D eigenvalue weighted by Crippen LogP contribution is -1.89. The normalized spacial score (nSPS) is 10.1. The standard InChI is InChI=1S/C12H7F2NO/c13-10-1-2-11(12(14)4-10)9-3-8(7-16)5-15-6-9/h1-7H. The van der Waals surface area contributed by atoms with Gasteiger partial charge in [0, 0.05) is 35.2 Å². The molecule has 0 aliphatic heterocycles. The number of aldehydes is 1. The average molecular weight is 219 g/mol. The highest BCUT2D eigenvalue weighted by Crippen LogP contribution is 2.22. The Hall–Kier alpha value is -2.10. The van der Waals surface area contributed by atoms with E-state index in [0.29, 0.717) is 17.4 Å². The lowest BCUT2D eigenvalue weighted by atomic mass is 10.1. The summed E-state index contributed by atoms with van der Waals surface area (Å²) < 4.78 is 26.1. The molecule has 0 radical (unpaired) electrons. The monoisotopic (exact) mass is 219 g/mol. The number of halogens is 2. The van der Waals surface area contributed by atoms with Crippen LogP contribution in [-0.4, -0.2) is 11.3 Å². The largest absolute Gasteiger partial charge is 0.298 e. The smallest absolute Gasteiger partial charge is 0.151 e. The van der Waals surface area contributed by atoms with Gasteiger partial charge in [0.2, 0.25) is 0 Å². The van der Waals surface area contributed by atoms with Crippen molar-refractivity contribution >= 4 is 6.29 Å². The Morgan fingerprint density at radius 3 is 2.62 bits per heavy atom. The van der Waals surface area contributed by atoms with E-state index in [1.807, 2.05) is 0 Å². The van der Waals surface area contributed by atoms with Gasteiger partial charge < -0.3 is 0 Å². The van der Waals surface area contributed by atoms with Crippen molar-refractivity contribution < 1.29 is 13.6 Å². The van der Waals surface area contributed by atoms with Crippen LogP contribution in [0.3, 0.4) is 0 Å². The summed E-state index contributed by atoms with van der Waals surface area (Å²) in [5.41, 5.74) is 1.01. The number of hydrogen-bond donors (Lipinski definition) is 0. The van der Waals surface area contributed by atoms with Gasteiger partial charge >= 0.3 is 0 Å². The van der Waals surface area contributed by atoms with Crippen LogP contribution < -0.4 is 0 Å². The van der Waals surface area contributed by atoms with Gasteiger partial charge in [-0.25, -0.2) is 8.78 Å². The number of carbonyl (C=O) groups excluding carboxylic acids is 1. The van der Waals surface area contributed by atoms with Crippen molar-refractivity contribution in [3.8, 4) is 11.1 Å². The number of aromatic nitrogens is 1. The number of hydrogen-bond acceptors (Lipinski definition) is 2. The third-order valence-corrected chi connectivity index (χ3v) is 2.14. The fourth-order valence-electron chi connectivity index (χ4n) is 1.39. The third kappa shape index (κ3) is 1.95. The van der Waals surface area contributed by atoms with Gasteiger partial charge in [-0.05, 0) is 18.2 Å². The maximum Gasteiger partial charge on any atom is 0.151 e. The first-order valence-electron chi connectivity index (χ1n) is 4.56. The fourth-order valence-corrected chi connectivity index (χ4v) is 1.39. The van der Waals surface area contributed by atoms with Crippen molar-refractivity contribution in [3.05, 3.63) is 53.9 Å². The topological polar surface area (TPSA) is 30.0 Å². The lowest BCUT2D eigenvalue weighted by molar-refractivity contribution is 0.112. The van der Waals surface area contributed by atoms with Gasteiger partial charge in [0.15, 0.2) is 6.29 Å². The minimum absolute atomic E-state index is 0.220. The Balaban J connectivity index is 2.53. The van der Waals surface area contributed by atoms with Gasteiger partial charge in [0.1, 0.15) is 11.6 Å². The SMILES string of the molecule is O=Cc1cncc(-c2ccc(F)cc2F)c1. The molecule has 16 heavy (non-hydrogen) atoms. The van der Waals surface area contributed by atoms with Crippen molar-refractivity contribution in [2.75, 3.05) is 0 Å². The highest BCUT2D eigenvalue weighted by atomic mass is 19.1. The molecule has 2 nitrogen and oxygen atoms in total. The lowest BCUT2D eigenvalue weighted by Gasteiger charge is -2.03. The van der Waals surface area contributed by atoms with Crippen molar-refractivity contribution in [1.29, 1.82) is 0 Å². The van der Waals surface area contributed by atoms with Crippen LogP contribution in [0.25, 0.3) is 11.1 Å². The molecule has 1 aromatic carbocycles. The Morgan fingerprint density at radius 2 is 1.94 bits per heavy atom. The van der Waals surface area contributed by atoms with Crippen molar-refractivity contribution in [1.82, 2.24) is 4.98 Å². The van der Waals surface area contributed by atoms with E-state index in [0.717, 1.165) is 12.1 Å². The van der Waals surface area contributed by atoms with E-state index in [1.54, 1.807) is 0 Å². The molecule has 0 aliphatic carbocycles. The molecule has 2 aromatic rings. The molecule has 0 atom stereocenters. The molecule has 4 heteroatoms. The first-order valence-corrected chi connectivity index (χ1v) is 4.56. The summed E-state index contributed by atoms with van der Waals surface area (Å²) in [4.78, 5) is 14.3. The molecule has 0 bridgehead atoms. The zero-order valence-corrected chi connectivity index (χ0v) is 8.15. The van der Waals surface area contributed by atoms with Crippen LogP contribution in [0.15, 0.2) is 36.7 Å². The van der Waals surface area contributed by atoms with Crippen molar-refractivity contribution in [3.63, 3.8) is 0 Å². The summed E-state index contributed by atoms with van der Waals surface area (Å²) in [6.07, 6.45) is 3.42. The van der Waals surface area contributed by atoms with E-state index < -0.39 is 11.6 Å².